The molecule has 1 atom stereocenters. The highest BCUT2D eigenvalue weighted by atomic mass is 32.1. The van der Waals surface area contributed by atoms with Crippen LogP contribution in [0.15, 0.2) is 23.7 Å². The Morgan fingerprint density at radius 2 is 2.00 bits per heavy atom. The van der Waals surface area contributed by atoms with Crippen molar-refractivity contribution in [1.82, 2.24) is 15.3 Å². The lowest BCUT2D eigenvalue weighted by molar-refractivity contribution is 0.192. The molecule has 2 aromatic rings. The molecular formula is C21H25N3O3S. The summed E-state index contributed by atoms with van der Waals surface area (Å²) >= 11 is 1.56. The lowest BCUT2D eigenvalue weighted by atomic mass is 10.1. The van der Waals surface area contributed by atoms with Crippen LogP contribution in [0.5, 0.6) is 11.8 Å². The van der Waals surface area contributed by atoms with Gasteiger partial charge in [0.2, 0.25) is 11.8 Å². The second-order valence-electron chi connectivity index (χ2n) is 8.21. The van der Waals surface area contributed by atoms with Gasteiger partial charge in [-0.15, -0.1) is 11.3 Å². The van der Waals surface area contributed by atoms with Crippen LogP contribution in [0.25, 0.3) is 0 Å². The predicted octanol–water partition coefficient (Wildman–Crippen LogP) is 4.83. The van der Waals surface area contributed by atoms with E-state index in [-0.39, 0.29) is 11.9 Å². The summed E-state index contributed by atoms with van der Waals surface area (Å²) in [5.41, 5.74) is 1.14. The number of hydrogen-bond acceptors (Lipinski definition) is 6. The maximum absolute atomic E-state index is 12.5. The molecule has 1 amide bonds. The number of nitrogens with zero attached hydrogens (tertiary/aromatic N) is 2. The number of ether oxygens (including phenoxy) is 2. The molecule has 6 nitrogen and oxygen atoms in total. The van der Waals surface area contributed by atoms with Crippen LogP contribution in [-0.2, 0) is 0 Å². The van der Waals surface area contributed by atoms with Crippen LogP contribution < -0.4 is 14.8 Å². The molecule has 2 aromatic heterocycles. The van der Waals surface area contributed by atoms with Gasteiger partial charge in [0, 0.05) is 23.2 Å². The van der Waals surface area contributed by atoms with E-state index in [0.717, 1.165) is 17.0 Å². The zero-order chi connectivity index (χ0) is 18.9. The Morgan fingerprint density at radius 3 is 2.68 bits per heavy atom. The first-order valence-corrected chi connectivity index (χ1v) is 11.1. The molecule has 7 heteroatoms. The quantitative estimate of drug-likeness (QED) is 0.653. The fourth-order valence-corrected chi connectivity index (χ4v) is 4.08. The van der Waals surface area contributed by atoms with Crippen molar-refractivity contribution in [2.24, 2.45) is 11.8 Å². The van der Waals surface area contributed by atoms with Crippen LogP contribution in [-0.4, -0.2) is 22.7 Å². The minimum atomic E-state index is -0.485. The fourth-order valence-electron chi connectivity index (χ4n) is 3.37. The standard InChI is InChI=1S/C21H25N3O3S/c25-21(23-17(11-13-1-2-13)20-22-9-10-28-20)27-18-8-7-16(15-5-6-15)19(24-18)26-12-14-3-4-14/h7-10,13-15,17H,1-6,11-12H2,(H,23,25)/t17-/m0/s1. The van der Waals surface area contributed by atoms with E-state index in [9.17, 15) is 4.79 Å². The molecule has 3 saturated carbocycles. The van der Waals surface area contributed by atoms with Crippen LogP contribution in [0.2, 0.25) is 0 Å². The number of thiazole rings is 1. The molecule has 0 spiro atoms. The van der Waals surface area contributed by atoms with Gasteiger partial charge in [-0.1, -0.05) is 12.8 Å². The molecular weight excluding hydrogens is 374 g/mol. The Balaban J connectivity index is 1.25. The molecule has 2 heterocycles. The molecule has 0 bridgehead atoms. The summed E-state index contributed by atoms with van der Waals surface area (Å²) in [6, 6.07) is 3.67. The van der Waals surface area contributed by atoms with Crippen molar-refractivity contribution in [3.63, 3.8) is 0 Å². The Hall–Kier alpha value is -2.15. The van der Waals surface area contributed by atoms with Crippen LogP contribution >= 0.6 is 11.3 Å². The first-order chi connectivity index (χ1) is 13.7. The Bertz CT molecular complexity index is 829. The summed E-state index contributed by atoms with van der Waals surface area (Å²) < 4.78 is 11.5. The maximum atomic E-state index is 12.5. The number of rotatable bonds is 9. The molecule has 0 aromatic carbocycles. The van der Waals surface area contributed by atoms with Crippen molar-refractivity contribution in [2.75, 3.05) is 6.61 Å². The lowest BCUT2D eigenvalue weighted by Gasteiger charge is -2.16. The molecule has 3 aliphatic rings. The molecule has 1 N–H and O–H groups in total. The summed E-state index contributed by atoms with van der Waals surface area (Å²) in [6.45, 7) is 0.704. The van der Waals surface area contributed by atoms with Gasteiger partial charge in [-0.05, 0) is 55.9 Å². The maximum Gasteiger partial charge on any atom is 0.414 e. The van der Waals surface area contributed by atoms with Gasteiger partial charge >= 0.3 is 6.09 Å². The molecule has 148 valence electrons. The van der Waals surface area contributed by atoms with Crippen molar-refractivity contribution in [3.8, 4) is 11.8 Å². The van der Waals surface area contributed by atoms with Gasteiger partial charge < -0.3 is 14.8 Å². The van der Waals surface area contributed by atoms with E-state index in [2.05, 4.69) is 15.3 Å². The summed E-state index contributed by atoms with van der Waals surface area (Å²) in [5.74, 6) is 2.79. The highest BCUT2D eigenvalue weighted by Gasteiger charge is 2.31. The SMILES string of the molecule is O=C(N[C@@H](CC1CC1)c1nccs1)Oc1ccc(C2CC2)c(OCC2CC2)n1. The van der Waals surface area contributed by atoms with Crippen LogP contribution in [0.4, 0.5) is 4.79 Å². The zero-order valence-corrected chi connectivity index (χ0v) is 16.6. The third kappa shape index (κ3) is 4.63. The van der Waals surface area contributed by atoms with Crippen molar-refractivity contribution in [1.29, 1.82) is 0 Å². The molecule has 0 radical (unpaired) electrons. The second-order valence-corrected chi connectivity index (χ2v) is 9.13. The molecule has 28 heavy (non-hydrogen) atoms. The number of pyridine rings is 1. The van der Waals surface area contributed by atoms with Gasteiger partial charge in [0.15, 0.2) is 0 Å². The number of nitrogens with one attached hydrogen (secondary N) is 1. The molecule has 0 aliphatic heterocycles. The highest BCUT2D eigenvalue weighted by molar-refractivity contribution is 7.09. The fraction of sp³-hybridized carbons (Fsp3) is 0.571. The van der Waals surface area contributed by atoms with Crippen molar-refractivity contribution >= 4 is 17.4 Å². The monoisotopic (exact) mass is 399 g/mol. The van der Waals surface area contributed by atoms with Crippen LogP contribution in [0.1, 0.15) is 67.5 Å². The summed E-state index contributed by atoms with van der Waals surface area (Å²) in [5, 5.41) is 5.83. The van der Waals surface area contributed by atoms with E-state index in [4.69, 9.17) is 9.47 Å². The third-order valence-corrected chi connectivity index (χ3v) is 6.43. The minimum absolute atomic E-state index is 0.101. The molecule has 5 rings (SSSR count). The van der Waals surface area contributed by atoms with Gasteiger partial charge in [-0.2, -0.15) is 4.98 Å². The van der Waals surface area contributed by atoms with Gasteiger partial charge in [-0.3, -0.25) is 0 Å². The summed E-state index contributed by atoms with van der Waals surface area (Å²) in [7, 11) is 0. The van der Waals surface area contributed by atoms with Crippen LogP contribution in [0.3, 0.4) is 0 Å². The number of carbonyl (C=O) groups is 1. The second kappa shape index (κ2) is 7.70. The first-order valence-electron chi connectivity index (χ1n) is 10.3. The topological polar surface area (TPSA) is 73.3 Å². The first kappa shape index (κ1) is 17.9. The number of carbonyl (C=O) groups excluding carboxylic acids is 1. The van der Waals surface area contributed by atoms with Gasteiger partial charge in [-0.25, -0.2) is 9.78 Å². The molecule has 3 aliphatic carbocycles. The average molecular weight is 400 g/mol. The van der Waals surface area contributed by atoms with Crippen molar-refractivity contribution in [2.45, 2.75) is 56.9 Å². The Morgan fingerprint density at radius 1 is 1.18 bits per heavy atom. The van der Waals surface area contributed by atoms with E-state index in [1.807, 2.05) is 11.4 Å². The van der Waals surface area contributed by atoms with E-state index in [0.29, 0.717) is 30.2 Å². The summed E-state index contributed by atoms with van der Waals surface area (Å²) in [4.78, 5) is 21.4. The lowest BCUT2D eigenvalue weighted by Crippen LogP contribution is -2.31. The van der Waals surface area contributed by atoms with E-state index in [1.165, 1.54) is 38.5 Å². The van der Waals surface area contributed by atoms with E-state index < -0.39 is 6.09 Å². The van der Waals surface area contributed by atoms with Crippen molar-refractivity contribution < 1.29 is 14.3 Å². The molecule has 3 fully saturated rings. The molecule has 0 unspecified atom stereocenters. The zero-order valence-electron chi connectivity index (χ0n) is 15.8. The van der Waals surface area contributed by atoms with E-state index in [1.54, 1.807) is 23.6 Å². The predicted molar refractivity (Wildman–Crippen MR) is 106 cm³/mol. The highest BCUT2D eigenvalue weighted by Crippen LogP contribution is 2.44. The minimum Gasteiger partial charge on any atom is -0.477 e. The van der Waals surface area contributed by atoms with Crippen molar-refractivity contribution in [3.05, 3.63) is 34.3 Å². The van der Waals surface area contributed by atoms with E-state index >= 15 is 0 Å². The Labute approximate surface area is 168 Å². The number of aromatic nitrogens is 2. The normalized spacial score (nSPS) is 19.9. The smallest absolute Gasteiger partial charge is 0.414 e. The largest absolute Gasteiger partial charge is 0.477 e. The number of amides is 1. The van der Waals surface area contributed by atoms with Gasteiger partial charge in [0.1, 0.15) is 5.01 Å². The number of hydrogen-bond donors (Lipinski definition) is 1. The van der Waals surface area contributed by atoms with Crippen LogP contribution in [0, 0.1) is 11.8 Å². The Kier molecular flexibility index (Phi) is 4.93. The molecule has 0 saturated heterocycles. The van der Waals surface area contributed by atoms with Gasteiger partial charge in [0.05, 0.1) is 12.6 Å². The third-order valence-electron chi connectivity index (χ3n) is 5.54. The van der Waals surface area contributed by atoms with Gasteiger partial charge in [0.25, 0.3) is 0 Å². The summed E-state index contributed by atoms with van der Waals surface area (Å²) in [6.07, 6.45) is 9.47. The average Bonchev–Trinajstić information content (AvgIpc) is 3.54.